The highest BCUT2D eigenvalue weighted by Gasteiger charge is 2.32. The SMILES string of the molecule is Cc1cc2cc(NC(=O)c3n[nH]c4c3C[C@H](C(C)(C)C)CC4)cc(Cl)c2o1. The van der Waals surface area contributed by atoms with Crippen LogP contribution in [0.2, 0.25) is 5.02 Å². The Morgan fingerprint density at radius 1 is 1.33 bits per heavy atom. The summed E-state index contributed by atoms with van der Waals surface area (Å²) in [5, 5.41) is 11.7. The first-order valence-corrected chi connectivity index (χ1v) is 9.67. The summed E-state index contributed by atoms with van der Waals surface area (Å²) >= 11 is 6.30. The van der Waals surface area contributed by atoms with Gasteiger partial charge in [0.2, 0.25) is 0 Å². The molecular weight excluding hydrogens is 362 g/mol. The predicted octanol–water partition coefficient (Wildman–Crippen LogP) is 5.52. The largest absolute Gasteiger partial charge is 0.460 e. The summed E-state index contributed by atoms with van der Waals surface area (Å²) in [7, 11) is 0. The lowest BCUT2D eigenvalue weighted by molar-refractivity contribution is 0.102. The molecule has 0 radical (unpaired) electrons. The molecule has 2 N–H and O–H groups in total. The van der Waals surface area contributed by atoms with Crippen molar-refractivity contribution in [3.8, 4) is 0 Å². The molecule has 0 fully saturated rings. The molecule has 3 aromatic rings. The smallest absolute Gasteiger partial charge is 0.276 e. The highest BCUT2D eigenvalue weighted by Crippen LogP contribution is 2.38. The summed E-state index contributed by atoms with van der Waals surface area (Å²) in [5.41, 5.74) is 4.10. The van der Waals surface area contributed by atoms with Crippen molar-refractivity contribution in [3.63, 3.8) is 0 Å². The van der Waals surface area contributed by atoms with Crippen LogP contribution >= 0.6 is 11.6 Å². The monoisotopic (exact) mass is 385 g/mol. The standard InChI is InChI=1S/C21H24ClN3O2/c1-11-7-12-8-14(10-16(22)19(12)27-11)23-20(26)18-15-9-13(21(2,3)4)5-6-17(15)24-25-18/h7-8,10,13H,5-6,9H2,1-4H3,(H,23,26)(H,24,25)/t13-/m1/s1. The number of H-pyrrole nitrogens is 1. The van der Waals surface area contributed by atoms with Crippen LogP contribution < -0.4 is 5.32 Å². The highest BCUT2D eigenvalue weighted by atomic mass is 35.5. The Labute approximate surface area is 163 Å². The van der Waals surface area contributed by atoms with Crippen molar-refractivity contribution >= 4 is 34.2 Å². The van der Waals surface area contributed by atoms with Gasteiger partial charge in [0.1, 0.15) is 5.76 Å². The highest BCUT2D eigenvalue weighted by molar-refractivity contribution is 6.35. The molecule has 0 spiro atoms. The van der Waals surface area contributed by atoms with Gasteiger partial charge in [-0.3, -0.25) is 9.89 Å². The van der Waals surface area contributed by atoms with Gasteiger partial charge >= 0.3 is 0 Å². The van der Waals surface area contributed by atoms with E-state index in [1.54, 1.807) is 6.07 Å². The summed E-state index contributed by atoms with van der Waals surface area (Å²) in [6, 6.07) is 5.48. The molecule has 0 saturated carbocycles. The first kappa shape index (κ1) is 18.1. The molecule has 0 aliphatic heterocycles. The normalized spacial score (nSPS) is 17.1. The van der Waals surface area contributed by atoms with E-state index in [4.69, 9.17) is 16.0 Å². The Kier molecular flexibility index (Phi) is 4.30. The van der Waals surface area contributed by atoms with Gasteiger partial charge in [-0.1, -0.05) is 32.4 Å². The topological polar surface area (TPSA) is 70.9 Å². The second kappa shape index (κ2) is 6.41. The molecule has 1 aliphatic rings. The van der Waals surface area contributed by atoms with Gasteiger partial charge in [0.25, 0.3) is 5.91 Å². The molecule has 1 amide bonds. The molecule has 0 bridgehead atoms. The summed E-state index contributed by atoms with van der Waals surface area (Å²) in [6.07, 6.45) is 2.92. The zero-order valence-electron chi connectivity index (χ0n) is 16.1. The number of aryl methyl sites for hydroxylation is 2. The number of anilines is 1. The Hall–Kier alpha value is -2.27. The molecule has 27 heavy (non-hydrogen) atoms. The van der Waals surface area contributed by atoms with Crippen LogP contribution in [0.1, 0.15) is 54.7 Å². The number of nitrogens with zero attached hydrogens (tertiary/aromatic N) is 1. The lowest BCUT2D eigenvalue weighted by Crippen LogP contribution is -2.28. The van der Waals surface area contributed by atoms with Gasteiger partial charge in [-0.2, -0.15) is 5.10 Å². The second-order valence-corrected chi connectivity index (χ2v) is 8.93. The van der Waals surface area contributed by atoms with E-state index < -0.39 is 0 Å². The van der Waals surface area contributed by atoms with Crippen molar-refractivity contribution in [2.45, 2.75) is 47.0 Å². The number of hydrogen-bond donors (Lipinski definition) is 2. The first-order chi connectivity index (χ1) is 12.7. The van der Waals surface area contributed by atoms with E-state index >= 15 is 0 Å². The third kappa shape index (κ3) is 3.36. The molecule has 0 unspecified atom stereocenters. The Bertz CT molecular complexity index is 1030. The van der Waals surface area contributed by atoms with Gasteiger partial charge < -0.3 is 9.73 Å². The summed E-state index contributed by atoms with van der Waals surface area (Å²) < 4.78 is 5.59. The molecule has 0 saturated heterocycles. The van der Waals surface area contributed by atoms with Crippen molar-refractivity contribution in [3.05, 3.63) is 45.9 Å². The zero-order chi connectivity index (χ0) is 19.3. The predicted molar refractivity (Wildman–Crippen MR) is 107 cm³/mol. The maximum Gasteiger partial charge on any atom is 0.276 e. The van der Waals surface area contributed by atoms with E-state index in [0.717, 1.165) is 41.7 Å². The lowest BCUT2D eigenvalue weighted by Gasteiger charge is -2.33. The van der Waals surface area contributed by atoms with Crippen LogP contribution in [0.15, 0.2) is 22.6 Å². The number of aromatic amines is 1. The maximum atomic E-state index is 12.9. The van der Waals surface area contributed by atoms with E-state index in [-0.39, 0.29) is 11.3 Å². The number of benzene rings is 1. The number of rotatable bonds is 2. The molecule has 2 heterocycles. The van der Waals surface area contributed by atoms with Crippen molar-refractivity contribution in [1.29, 1.82) is 0 Å². The van der Waals surface area contributed by atoms with Gasteiger partial charge in [-0.05, 0) is 55.7 Å². The van der Waals surface area contributed by atoms with Gasteiger partial charge in [-0.15, -0.1) is 0 Å². The molecular formula is C21H24ClN3O2. The number of furan rings is 1. The van der Waals surface area contributed by atoms with Crippen LogP contribution in [0.4, 0.5) is 5.69 Å². The van der Waals surface area contributed by atoms with Gasteiger partial charge in [0, 0.05) is 22.3 Å². The Morgan fingerprint density at radius 2 is 2.11 bits per heavy atom. The molecule has 4 rings (SSSR count). The fourth-order valence-electron chi connectivity index (χ4n) is 3.92. The first-order valence-electron chi connectivity index (χ1n) is 9.29. The molecule has 1 atom stereocenters. The van der Waals surface area contributed by atoms with Gasteiger partial charge in [0.05, 0.1) is 5.02 Å². The minimum atomic E-state index is -0.210. The minimum absolute atomic E-state index is 0.209. The quantitative estimate of drug-likeness (QED) is 0.610. The number of carbonyl (C=O) groups excluding carboxylic acids is 1. The number of hydrogen-bond acceptors (Lipinski definition) is 3. The number of aromatic nitrogens is 2. The average Bonchev–Trinajstić information content (AvgIpc) is 3.16. The lowest BCUT2D eigenvalue weighted by atomic mass is 9.71. The van der Waals surface area contributed by atoms with Crippen LogP contribution in [0.5, 0.6) is 0 Å². The zero-order valence-corrected chi connectivity index (χ0v) is 16.8. The van der Waals surface area contributed by atoms with E-state index in [1.807, 2.05) is 19.1 Å². The van der Waals surface area contributed by atoms with Gasteiger partial charge in [-0.25, -0.2) is 0 Å². The summed E-state index contributed by atoms with van der Waals surface area (Å²) in [4.78, 5) is 12.9. The third-order valence-electron chi connectivity index (χ3n) is 5.54. The fraction of sp³-hybridized carbons (Fsp3) is 0.429. The van der Waals surface area contributed by atoms with E-state index in [1.165, 1.54) is 0 Å². The van der Waals surface area contributed by atoms with E-state index in [9.17, 15) is 4.79 Å². The molecule has 1 aliphatic carbocycles. The van der Waals surface area contributed by atoms with Crippen molar-refractivity contribution in [2.75, 3.05) is 5.32 Å². The Morgan fingerprint density at radius 3 is 2.85 bits per heavy atom. The molecule has 1 aromatic carbocycles. The van der Waals surface area contributed by atoms with Crippen LogP contribution in [-0.2, 0) is 12.8 Å². The van der Waals surface area contributed by atoms with E-state index in [0.29, 0.717) is 27.9 Å². The third-order valence-corrected chi connectivity index (χ3v) is 5.82. The minimum Gasteiger partial charge on any atom is -0.460 e. The second-order valence-electron chi connectivity index (χ2n) is 8.52. The number of nitrogens with one attached hydrogen (secondary N) is 2. The fourth-order valence-corrected chi connectivity index (χ4v) is 4.19. The summed E-state index contributed by atoms with van der Waals surface area (Å²) in [5.74, 6) is 1.11. The average molecular weight is 386 g/mol. The molecule has 142 valence electrons. The number of halogens is 1. The summed E-state index contributed by atoms with van der Waals surface area (Å²) in [6.45, 7) is 8.64. The number of amides is 1. The van der Waals surface area contributed by atoms with Crippen LogP contribution in [0, 0.1) is 18.3 Å². The molecule has 6 heteroatoms. The van der Waals surface area contributed by atoms with Gasteiger partial charge in [0.15, 0.2) is 11.3 Å². The van der Waals surface area contributed by atoms with Crippen molar-refractivity contribution in [2.24, 2.45) is 11.3 Å². The molecule has 2 aromatic heterocycles. The number of fused-ring (bicyclic) bond motifs is 2. The van der Waals surface area contributed by atoms with Crippen LogP contribution in [0.25, 0.3) is 11.0 Å². The Balaban J connectivity index is 1.61. The van der Waals surface area contributed by atoms with E-state index in [2.05, 4.69) is 36.3 Å². The van der Waals surface area contributed by atoms with Crippen LogP contribution in [0.3, 0.4) is 0 Å². The number of carbonyl (C=O) groups is 1. The maximum absolute atomic E-state index is 12.9. The van der Waals surface area contributed by atoms with Crippen molar-refractivity contribution < 1.29 is 9.21 Å². The van der Waals surface area contributed by atoms with Crippen molar-refractivity contribution in [1.82, 2.24) is 10.2 Å². The van der Waals surface area contributed by atoms with Crippen LogP contribution in [-0.4, -0.2) is 16.1 Å². The molecule has 5 nitrogen and oxygen atoms in total.